The van der Waals surface area contributed by atoms with Crippen LogP contribution < -0.4 is 20.7 Å². The number of ether oxygens (including phenoxy) is 2. The van der Waals surface area contributed by atoms with Gasteiger partial charge in [-0.25, -0.2) is 14.5 Å². The summed E-state index contributed by atoms with van der Waals surface area (Å²) in [4.78, 5) is 0. The molecule has 7 heteroatoms. The van der Waals surface area contributed by atoms with E-state index < -0.39 is 11.9 Å². The molecule has 20 heavy (non-hydrogen) atoms. The minimum Gasteiger partial charge on any atom is -0.497 e. The number of aryl methyl sites for hydroxylation is 1. The minimum absolute atomic E-state index is 0.383. The van der Waals surface area contributed by atoms with E-state index in [-0.39, 0.29) is 0 Å². The van der Waals surface area contributed by atoms with E-state index in [4.69, 9.17) is 15.3 Å². The maximum atomic E-state index is 14.1. The highest BCUT2D eigenvalue weighted by atomic mass is 19.1. The third-order valence-electron chi connectivity index (χ3n) is 3.05. The Balaban J connectivity index is 2.41. The minimum atomic E-state index is -0.573. The Morgan fingerprint density at radius 1 is 1.30 bits per heavy atom. The van der Waals surface area contributed by atoms with Gasteiger partial charge in [0.15, 0.2) is 0 Å². The first-order valence-electron chi connectivity index (χ1n) is 5.98. The Kier molecular flexibility index (Phi) is 4.21. The van der Waals surface area contributed by atoms with Crippen LogP contribution in [0.4, 0.5) is 4.39 Å². The fourth-order valence-electron chi connectivity index (χ4n) is 2.01. The molecule has 1 aromatic carbocycles. The molecule has 1 unspecified atom stereocenters. The number of nitrogens with two attached hydrogens (primary N) is 1. The molecular weight excluding hydrogens is 263 g/mol. The van der Waals surface area contributed by atoms with Gasteiger partial charge in [-0.3, -0.25) is 5.84 Å². The lowest BCUT2D eigenvalue weighted by molar-refractivity contribution is 0.373. The lowest BCUT2D eigenvalue weighted by Gasteiger charge is -2.15. The second-order valence-corrected chi connectivity index (χ2v) is 4.22. The monoisotopic (exact) mass is 280 g/mol. The Morgan fingerprint density at radius 2 is 2.05 bits per heavy atom. The summed E-state index contributed by atoms with van der Waals surface area (Å²) in [5.74, 6) is 6.13. The quantitative estimate of drug-likeness (QED) is 0.634. The second-order valence-electron chi connectivity index (χ2n) is 4.22. The number of halogens is 1. The zero-order valence-electron chi connectivity index (χ0n) is 11.6. The molecule has 0 aliphatic rings. The smallest absolute Gasteiger partial charge is 0.211 e. The maximum absolute atomic E-state index is 14.1. The highest BCUT2D eigenvalue weighted by Gasteiger charge is 2.21. The van der Waals surface area contributed by atoms with Crippen LogP contribution in [0.15, 0.2) is 24.3 Å². The maximum Gasteiger partial charge on any atom is 0.211 e. The predicted octanol–water partition coefficient (Wildman–Crippen LogP) is 1.13. The van der Waals surface area contributed by atoms with Crippen molar-refractivity contribution in [3.63, 3.8) is 0 Å². The van der Waals surface area contributed by atoms with E-state index in [1.807, 2.05) is 0 Å². The van der Waals surface area contributed by atoms with E-state index in [2.05, 4.69) is 10.5 Å². The number of hydrazine groups is 1. The van der Waals surface area contributed by atoms with Gasteiger partial charge in [0.05, 0.1) is 26.0 Å². The number of rotatable bonds is 5. The van der Waals surface area contributed by atoms with E-state index >= 15 is 0 Å². The van der Waals surface area contributed by atoms with E-state index in [1.165, 1.54) is 13.2 Å². The Hall–Kier alpha value is -2.12. The van der Waals surface area contributed by atoms with Crippen molar-refractivity contribution in [3.05, 3.63) is 41.3 Å². The molecule has 0 saturated heterocycles. The molecule has 0 aliphatic carbocycles. The first kappa shape index (κ1) is 14.3. The molecular formula is C13H17FN4O2. The van der Waals surface area contributed by atoms with Crippen LogP contribution in [0.2, 0.25) is 0 Å². The molecule has 0 aliphatic heterocycles. The van der Waals surface area contributed by atoms with Gasteiger partial charge in [0.1, 0.15) is 11.6 Å². The Labute approximate surface area is 116 Å². The largest absolute Gasteiger partial charge is 0.497 e. The standard InChI is InChI=1S/C13H17FN4O2/c1-18-12(20-3)7-11(17-18)13(16-15)9-5-4-8(19-2)6-10(9)14/h4-7,13,16H,15H2,1-3H3. The van der Waals surface area contributed by atoms with Crippen LogP contribution in [-0.2, 0) is 7.05 Å². The molecule has 0 fully saturated rings. The molecule has 0 bridgehead atoms. The molecule has 0 spiro atoms. The van der Waals surface area contributed by atoms with Gasteiger partial charge in [-0.05, 0) is 6.07 Å². The molecule has 2 rings (SSSR count). The van der Waals surface area contributed by atoms with Crippen LogP contribution in [0, 0.1) is 5.82 Å². The van der Waals surface area contributed by atoms with Gasteiger partial charge >= 0.3 is 0 Å². The fraction of sp³-hybridized carbons (Fsp3) is 0.308. The van der Waals surface area contributed by atoms with Gasteiger partial charge in [-0.15, -0.1) is 0 Å². The van der Waals surface area contributed by atoms with Crippen molar-refractivity contribution in [3.8, 4) is 11.6 Å². The van der Waals surface area contributed by atoms with Crippen molar-refractivity contribution in [2.75, 3.05) is 14.2 Å². The van der Waals surface area contributed by atoms with Gasteiger partial charge in [0.25, 0.3) is 0 Å². The van der Waals surface area contributed by atoms with Crippen molar-refractivity contribution in [1.82, 2.24) is 15.2 Å². The summed E-state index contributed by atoms with van der Waals surface area (Å²) in [6, 6.07) is 5.72. The molecule has 6 nitrogen and oxygen atoms in total. The average Bonchev–Trinajstić information content (AvgIpc) is 2.82. The van der Waals surface area contributed by atoms with Crippen molar-refractivity contribution >= 4 is 0 Å². The number of nitrogens with one attached hydrogen (secondary N) is 1. The van der Waals surface area contributed by atoms with Gasteiger partial charge in [-0.1, -0.05) is 6.07 Å². The predicted molar refractivity (Wildman–Crippen MR) is 71.9 cm³/mol. The van der Waals surface area contributed by atoms with Crippen LogP contribution >= 0.6 is 0 Å². The van der Waals surface area contributed by atoms with Crippen molar-refractivity contribution in [1.29, 1.82) is 0 Å². The summed E-state index contributed by atoms with van der Waals surface area (Å²) in [5, 5.41) is 4.26. The highest BCUT2D eigenvalue weighted by Crippen LogP contribution is 2.27. The molecule has 1 heterocycles. The molecule has 0 saturated carbocycles. The summed E-state index contributed by atoms with van der Waals surface area (Å²) < 4.78 is 25.8. The molecule has 3 N–H and O–H groups in total. The fourth-order valence-corrected chi connectivity index (χ4v) is 2.01. The van der Waals surface area contributed by atoms with E-state index in [0.717, 1.165) is 0 Å². The summed E-state index contributed by atoms with van der Waals surface area (Å²) >= 11 is 0. The molecule has 108 valence electrons. The topological polar surface area (TPSA) is 74.3 Å². The lowest BCUT2D eigenvalue weighted by Crippen LogP contribution is -2.30. The number of aromatic nitrogens is 2. The number of hydrogen-bond donors (Lipinski definition) is 2. The van der Waals surface area contributed by atoms with Crippen LogP contribution in [-0.4, -0.2) is 24.0 Å². The first-order chi connectivity index (χ1) is 9.60. The van der Waals surface area contributed by atoms with Crippen LogP contribution in [0.3, 0.4) is 0 Å². The highest BCUT2D eigenvalue weighted by molar-refractivity contribution is 5.35. The number of methoxy groups -OCH3 is 2. The first-order valence-corrected chi connectivity index (χ1v) is 5.98. The van der Waals surface area contributed by atoms with Crippen LogP contribution in [0.5, 0.6) is 11.6 Å². The van der Waals surface area contributed by atoms with Crippen molar-refractivity contribution in [2.24, 2.45) is 12.9 Å². The van der Waals surface area contributed by atoms with Crippen molar-refractivity contribution < 1.29 is 13.9 Å². The lowest BCUT2D eigenvalue weighted by atomic mass is 10.0. The van der Waals surface area contributed by atoms with Crippen LogP contribution in [0.25, 0.3) is 0 Å². The SMILES string of the molecule is COc1ccc(C(NN)c2cc(OC)n(C)n2)c(F)c1. The summed E-state index contributed by atoms with van der Waals surface area (Å²) in [5.41, 5.74) is 3.51. The van der Waals surface area contributed by atoms with Gasteiger partial charge in [-0.2, -0.15) is 5.10 Å². The van der Waals surface area contributed by atoms with Gasteiger partial charge in [0, 0.05) is 24.7 Å². The molecule has 1 aromatic heterocycles. The molecule has 0 radical (unpaired) electrons. The molecule has 1 atom stereocenters. The van der Waals surface area contributed by atoms with E-state index in [1.54, 1.807) is 37.0 Å². The van der Waals surface area contributed by atoms with E-state index in [0.29, 0.717) is 22.9 Å². The van der Waals surface area contributed by atoms with Crippen LogP contribution in [0.1, 0.15) is 17.3 Å². The Morgan fingerprint density at radius 3 is 2.55 bits per heavy atom. The summed E-state index contributed by atoms with van der Waals surface area (Å²) in [7, 11) is 4.76. The number of nitrogens with zero attached hydrogens (tertiary/aromatic N) is 2. The third kappa shape index (κ3) is 2.59. The summed E-state index contributed by atoms with van der Waals surface area (Å²) in [6.45, 7) is 0. The zero-order valence-corrected chi connectivity index (χ0v) is 11.6. The Bertz CT molecular complexity index is 600. The summed E-state index contributed by atoms with van der Waals surface area (Å²) in [6.07, 6.45) is 0. The molecule has 0 amide bonds. The second kappa shape index (κ2) is 5.89. The van der Waals surface area contributed by atoms with Gasteiger partial charge < -0.3 is 9.47 Å². The zero-order chi connectivity index (χ0) is 14.7. The normalized spacial score (nSPS) is 12.2. The van der Waals surface area contributed by atoms with E-state index in [9.17, 15) is 4.39 Å². The molecule has 2 aromatic rings. The number of hydrogen-bond acceptors (Lipinski definition) is 5. The van der Waals surface area contributed by atoms with Crippen molar-refractivity contribution in [2.45, 2.75) is 6.04 Å². The van der Waals surface area contributed by atoms with Gasteiger partial charge in [0.2, 0.25) is 5.88 Å². The number of benzene rings is 1. The third-order valence-corrected chi connectivity index (χ3v) is 3.05. The average molecular weight is 280 g/mol.